The Kier molecular flexibility index (Phi) is 6.92. The lowest BCUT2D eigenvalue weighted by Crippen LogP contribution is -2.42. The number of nitrogens with one attached hydrogen (secondary N) is 1. The van der Waals surface area contributed by atoms with Gasteiger partial charge in [0.1, 0.15) is 5.52 Å². The summed E-state index contributed by atoms with van der Waals surface area (Å²) in [4.78, 5) is 26.7. The summed E-state index contributed by atoms with van der Waals surface area (Å²) < 4.78 is 7.33. The van der Waals surface area contributed by atoms with Crippen molar-refractivity contribution >= 4 is 17.0 Å². The quantitative estimate of drug-likeness (QED) is 0.640. The van der Waals surface area contributed by atoms with E-state index in [0.717, 1.165) is 25.3 Å². The van der Waals surface area contributed by atoms with Gasteiger partial charge in [0.25, 0.3) is 0 Å². The Morgan fingerprint density at radius 1 is 1.13 bits per heavy atom. The Bertz CT molecular complexity index is 878. The number of H-pyrrole nitrogens is 1. The Hall–Kier alpha value is -2.09. The van der Waals surface area contributed by atoms with Crippen molar-refractivity contribution < 1.29 is 4.74 Å². The van der Waals surface area contributed by atoms with Crippen LogP contribution < -0.4 is 16.2 Å². The Balaban J connectivity index is 1.37. The zero-order valence-electron chi connectivity index (χ0n) is 18.2. The fourth-order valence-corrected chi connectivity index (χ4v) is 4.98. The molecule has 2 aliphatic rings. The van der Waals surface area contributed by atoms with Gasteiger partial charge in [-0.25, -0.2) is 4.79 Å². The number of aromatic nitrogens is 4. The number of ether oxygens (including phenoxy) is 1. The zero-order chi connectivity index (χ0) is 20.9. The fraction of sp³-hybridized carbons (Fsp3) is 0.773. The first-order valence-electron chi connectivity index (χ1n) is 11.8. The van der Waals surface area contributed by atoms with Crippen LogP contribution in [0.2, 0.25) is 0 Å². The molecule has 1 saturated heterocycles. The van der Waals surface area contributed by atoms with Crippen LogP contribution in [0.1, 0.15) is 71.1 Å². The Morgan fingerprint density at radius 3 is 2.63 bits per heavy atom. The largest absolute Gasteiger partial charge is 0.463 e. The van der Waals surface area contributed by atoms with E-state index in [1.807, 2.05) is 0 Å². The number of hydrogen-bond donors (Lipinski definition) is 2. The van der Waals surface area contributed by atoms with E-state index in [4.69, 9.17) is 10.5 Å². The second-order valence-corrected chi connectivity index (χ2v) is 8.93. The molecule has 0 unspecified atom stereocenters. The number of piperidine rings is 1. The molecule has 1 aliphatic heterocycles. The van der Waals surface area contributed by atoms with Gasteiger partial charge >= 0.3 is 11.7 Å². The maximum Gasteiger partial charge on any atom is 0.327 e. The van der Waals surface area contributed by atoms with E-state index in [1.165, 1.54) is 58.0 Å². The predicted molar refractivity (Wildman–Crippen MR) is 119 cm³/mol. The lowest BCUT2D eigenvalue weighted by molar-refractivity contribution is 0.103. The van der Waals surface area contributed by atoms with Crippen LogP contribution in [-0.4, -0.2) is 50.2 Å². The van der Waals surface area contributed by atoms with Crippen LogP contribution in [0.25, 0.3) is 11.2 Å². The number of hydrogen-bond acceptors (Lipinski definition) is 6. The van der Waals surface area contributed by atoms with E-state index in [9.17, 15) is 4.79 Å². The van der Waals surface area contributed by atoms with Crippen molar-refractivity contribution in [3.05, 3.63) is 10.5 Å². The molecule has 0 atom stereocenters. The molecule has 2 fully saturated rings. The summed E-state index contributed by atoms with van der Waals surface area (Å²) in [5.41, 5.74) is 6.94. The van der Waals surface area contributed by atoms with Gasteiger partial charge in [0, 0.05) is 12.6 Å². The van der Waals surface area contributed by atoms with Gasteiger partial charge in [-0.05, 0) is 57.5 Å². The number of nitrogen functional groups attached to an aromatic ring is 1. The van der Waals surface area contributed by atoms with E-state index >= 15 is 0 Å². The number of unbranched alkanes of at least 4 members (excludes halogenated alkanes) is 1. The van der Waals surface area contributed by atoms with Crippen molar-refractivity contribution in [3.8, 4) is 6.01 Å². The van der Waals surface area contributed by atoms with Crippen LogP contribution in [0.3, 0.4) is 0 Å². The summed E-state index contributed by atoms with van der Waals surface area (Å²) in [6.45, 7) is 5.70. The smallest absolute Gasteiger partial charge is 0.327 e. The normalized spacial score (nSPS) is 19.5. The summed E-state index contributed by atoms with van der Waals surface area (Å²) in [7, 11) is 0. The van der Waals surface area contributed by atoms with Crippen LogP contribution in [0.5, 0.6) is 6.01 Å². The third kappa shape index (κ3) is 4.79. The third-order valence-electron chi connectivity index (χ3n) is 6.86. The molecule has 166 valence electrons. The zero-order valence-corrected chi connectivity index (χ0v) is 18.2. The number of aromatic amines is 1. The van der Waals surface area contributed by atoms with Gasteiger partial charge in [0.15, 0.2) is 11.5 Å². The molecule has 4 rings (SSSR count). The van der Waals surface area contributed by atoms with E-state index in [-0.39, 0.29) is 17.5 Å². The van der Waals surface area contributed by atoms with E-state index in [2.05, 4.69) is 26.8 Å². The lowest BCUT2D eigenvalue weighted by atomic mass is 9.89. The van der Waals surface area contributed by atoms with Crippen molar-refractivity contribution in [2.24, 2.45) is 5.92 Å². The minimum atomic E-state index is -0.170. The van der Waals surface area contributed by atoms with Crippen LogP contribution in [0.4, 0.5) is 5.82 Å². The molecule has 0 spiro atoms. The lowest BCUT2D eigenvalue weighted by Gasteiger charge is -2.39. The van der Waals surface area contributed by atoms with Crippen LogP contribution in [0, 0.1) is 5.92 Å². The van der Waals surface area contributed by atoms with Crippen LogP contribution >= 0.6 is 0 Å². The molecule has 0 amide bonds. The molecule has 0 aromatic carbocycles. The standard InChI is InChI=1S/C22H36N6O2/c1-2-3-15-30-21-25-19(23)18-20(26-21)28(22(29)24-18)14-11-16-9-12-27(13-10-16)17-7-5-4-6-8-17/h16-17H,2-15H2,1H3,(H,24,29)(H2,23,25,26). The fourth-order valence-electron chi connectivity index (χ4n) is 4.98. The second-order valence-electron chi connectivity index (χ2n) is 8.93. The number of anilines is 1. The van der Waals surface area contributed by atoms with E-state index in [0.29, 0.717) is 30.2 Å². The molecule has 0 bridgehead atoms. The van der Waals surface area contributed by atoms with Crippen molar-refractivity contribution in [2.75, 3.05) is 25.4 Å². The molecule has 1 aliphatic carbocycles. The molecule has 30 heavy (non-hydrogen) atoms. The number of nitrogens with zero attached hydrogens (tertiary/aromatic N) is 4. The molecule has 0 radical (unpaired) electrons. The summed E-state index contributed by atoms with van der Waals surface area (Å²) in [5.74, 6) is 0.921. The van der Waals surface area contributed by atoms with Gasteiger partial charge in [-0.1, -0.05) is 32.6 Å². The van der Waals surface area contributed by atoms with Crippen molar-refractivity contribution in [1.82, 2.24) is 24.4 Å². The average molecular weight is 417 g/mol. The minimum Gasteiger partial charge on any atom is -0.463 e. The number of rotatable bonds is 8. The highest BCUT2D eigenvalue weighted by atomic mass is 16.5. The van der Waals surface area contributed by atoms with Gasteiger partial charge in [0.2, 0.25) is 0 Å². The number of fused-ring (bicyclic) bond motifs is 1. The van der Waals surface area contributed by atoms with Crippen LogP contribution in [-0.2, 0) is 6.54 Å². The molecular weight excluding hydrogens is 380 g/mol. The topological polar surface area (TPSA) is 102 Å². The molecule has 2 aromatic rings. The van der Waals surface area contributed by atoms with Crippen LogP contribution in [0.15, 0.2) is 4.79 Å². The maximum atomic E-state index is 12.5. The highest BCUT2D eigenvalue weighted by Gasteiger charge is 2.26. The molecule has 1 saturated carbocycles. The number of imidazole rings is 1. The Labute approximate surface area is 178 Å². The third-order valence-corrected chi connectivity index (χ3v) is 6.86. The summed E-state index contributed by atoms with van der Waals surface area (Å²) in [6.07, 6.45) is 12.3. The van der Waals surface area contributed by atoms with Gasteiger partial charge < -0.3 is 20.4 Å². The van der Waals surface area contributed by atoms with Crippen molar-refractivity contribution in [3.63, 3.8) is 0 Å². The molecular formula is C22H36N6O2. The summed E-state index contributed by atoms with van der Waals surface area (Å²) >= 11 is 0. The number of nitrogens with two attached hydrogens (primary N) is 1. The predicted octanol–water partition coefficient (Wildman–Crippen LogP) is 3.32. The van der Waals surface area contributed by atoms with Gasteiger partial charge in [-0.3, -0.25) is 4.57 Å². The highest BCUT2D eigenvalue weighted by Crippen LogP contribution is 2.28. The summed E-state index contributed by atoms with van der Waals surface area (Å²) in [6, 6.07) is 1.06. The van der Waals surface area contributed by atoms with Crippen molar-refractivity contribution in [2.45, 2.75) is 83.7 Å². The van der Waals surface area contributed by atoms with E-state index in [1.54, 1.807) is 4.57 Å². The summed E-state index contributed by atoms with van der Waals surface area (Å²) in [5, 5.41) is 0. The SMILES string of the molecule is CCCCOc1nc(N)c2[nH]c(=O)n(CCC3CCN(C4CCCCC4)CC3)c2n1. The maximum absolute atomic E-state index is 12.5. The van der Waals surface area contributed by atoms with Gasteiger partial charge in [-0.15, -0.1) is 0 Å². The molecule has 8 heteroatoms. The van der Waals surface area contributed by atoms with E-state index < -0.39 is 0 Å². The molecule has 8 nitrogen and oxygen atoms in total. The average Bonchev–Trinajstić information content (AvgIpc) is 3.09. The number of aryl methyl sites for hydroxylation is 1. The van der Waals surface area contributed by atoms with Gasteiger partial charge in [0.05, 0.1) is 6.61 Å². The monoisotopic (exact) mass is 416 g/mol. The first-order valence-corrected chi connectivity index (χ1v) is 11.8. The van der Waals surface area contributed by atoms with Gasteiger partial charge in [-0.2, -0.15) is 9.97 Å². The van der Waals surface area contributed by atoms with Crippen molar-refractivity contribution in [1.29, 1.82) is 0 Å². The minimum absolute atomic E-state index is 0.170. The first-order chi connectivity index (χ1) is 14.7. The Morgan fingerprint density at radius 2 is 1.90 bits per heavy atom. The molecule has 2 aromatic heterocycles. The molecule has 3 heterocycles. The molecule has 3 N–H and O–H groups in total. The number of likely N-dealkylation sites (tertiary alicyclic amines) is 1. The highest BCUT2D eigenvalue weighted by molar-refractivity contribution is 5.81. The second kappa shape index (κ2) is 9.81. The first kappa shape index (κ1) is 21.2.